The highest BCUT2D eigenvalue weighted by molar-refractivity contribution is 5.87. The van der Waals surface area contributed by atoms with Gasteiger partial charge in [0.1, 0.15) is 12.2 Å². The average molecular weight is 416 g/mol. The summed E-state index contributed by atoms with van der Waals surface area (Å²) in [5.41, 5.74) is 7.03. The minimum absolute atomic E-state index is 0.319. The Morgan fingerprint density at radius 1 is 1.17 bits per heavy atom. The van der Waals surface area contributed by atoms with Gasteiger partial charge in [-0.3, -0.25) is 9.91 Å². The minimum Gasteiger partial charge on any atom is -0.346 e. The number of hydrogen-bond acceptors (Lipinski definition) is 5. The van der Waals surface area contributed by atoms with Crippen LogP contribution < -0.4 is 5.53 Å². The zero-order valence-corrected chi connectivity index (χ0v) is 16.6. The fourth-order valence-corrected chi connectivity index (χ4v) is 4.62. The number of aliphatic imine (C=N–C) groups is 1. The SMILES string of the molecule is CN1NN2C=Nc3[nH]ccc3C2=C1C1CCCN(Cc2ccc(C(F)(F)F)cc2)C1. The Labute approximate surface area is 172 Å². The highest BCUT2D eigenvalue weighted by Gasteiger charge is 2.37. The number of piperidine rings is 1. The Morgan fingerprint density at radius 3 is 2.73 bits per heavy atom. The number of nitrogens with zero attached hydrogens (tertiary/aromatic N) is 4. The molecular weight excluding hydrogens is 393 g/mol. The number of fused-ring (bicyclic) bond motifs is 3. The maximum atomic E-state index is 12.8. The van der Waals surface area contributed by atoms with Crippen molar-refractivity contribution < 1.29 is 13.2 Å². The second-order valence-corrected chi connectivity index (χ2v) is 8.02. The van der Waals surface area contributed by atoms with Crippen molar-refractivity contribution in [3.8, 4) is 0 Å². The molecule has 9 heteroatoms. The Morgan fingerprint density at radius 2 is 1.97 bits per heavy atom. The third-order valence-corrected chi connectivity index (χ3v) is 5.96. The first-order valence-electron chi connectivity index (χ1n) is 10.0. The molecule has 1 saturated heterocycles. The molecule has 4 heterocycles. The fraction of sp³-hybridized carbons (Fsp3) is 0.381. The first kappa shape index (κ1) is 19.2. The van der Waals surface area contributed by atoms with Crippen LogP contribution in [0, 0.1) is 5.92 Å². The van der Waals surface area contributed by atoms with Gasteiger partial charge in [-0.25, -0.2) is 10.0 Å². The Bertz CT molecular complexity index is 991. The van der Waals surface area contributed by atoms with Crippen molar-refractivity contribution in [2.45, 2.75) is 25.6 Å². The van der Waals surface area contributed by atoms with Crippen molar-refractivity contribution in [2.75, 3.05) is 20.1 Å². The van der Waals surface area contributed by atoms with Crippen LogP contribution in [0.1, 0.15) is 29.5 Å². The highest BCUT2D eigenvalue weighted by Crippen LogP contribution is 2.40. The Balaban J connectivity index is 1.36. The van der Waals surface area contributed by atoms with Gasteiger partial charge in [0.25, 0.3) is 0 Å². The van der Waals surface area contributed by atoms with Crippen LogP contribution in [-0.4, -0.2) is 46.4 Å². The summed E-state index contributed by atoms with van der Waals surface area (Å²) in [6, 6.07) is 7.55. The van der Waals surface area contributed by atoms with Crippen LogP contribution in [0.3, 0.4) is 0 Å². The molecule has 1 aromatic carbocycles. The van der Waals surface area contributed by atoms with E-state index in [1.807, 2.05) is 24.3 Å². The molecule has 2 aromatic rings. The number of nitrogens with one attached hydrogen (secondary N) is 2. The molecular formula is C21H23F3N6. The van der Waals surface area contributed by atoms with Crippen LogP contribution in [0.5, 0.6) is 0 Å². The third kappa shape index (κ3) is 3.37. The van der Waals surface area contributed by atoms with E-state index in [4.69, 9.17) is 0 Å². The summed E-state index contributed by atoms with van der Waals surface area (Å²) in [7, 11) is 2.01. The first-order chi connectivity index (χ1) is 14.4. The van der Waals surface area contributed by atoms with Gasteiger partial charge in [0.05, 0.1) is 17.0 Å². The fourth-order valence-electron chi connectivity index (χ4n) is 4.62. The van der Waals surface area contributed by atoms with Gasteiger partial charge in [0, 0.05) is 37.8 Å². The monoisotopic (exact) mass is 416 g/mol. The number of H-pyrrole nitrogens is 1. The van der Waals surface area contributed by atoms with E-state index in [1.54, 1.807) is 18.5 Å². The molecule has 158 valence electrons. The lowest BCUT2D eigenvalue weighted by Crippen LogP contribution is -2.41. The largest absolute Gasteiger partial charge is 0.416 e. The van der Waals surface area contributed by atoms with Crippen molar-refractivity contribution in [1.29, 1.82) is 0 Å². The molecule has 3 aliphatic rings. The Hall–Kier alpha value is -2.78. The lowest BCUT2D eigenvalue weighted by Gasteiger charge is -2.35. The second-order valence-electron chi connectivity index (χ2n) is 8.02. The molecule has 3 aliphatic heterocycles. The predicted molar refractivity (Wildman–Crippen MR) is 108 cm³/mol. The highest BCUT2D eigenvalue weighted by atomic mass is 19.4. The third-order valence-electron chi connectivity index (χ3n) is 5.96. The van der Waals surface area contributed by atoms with E-state index in [1.165, 1.54) is 17.8 Å². The van der Waals surface area contributed by atoms with Crippen LogP contribution in [0.25, 0.3) is 5.70 Å². The van der Waals surface area contributed by atoms with Gasteiger partial charge in [-0.15, -0.1) is 5.53 Å². The molecule has 1 aromatic heterocycles. The first-order valence-corrected chi connectivity index (χ1v) is 10.0. The van der Waals surface area contributed by atoms with Crippen molar-refractivity contribution in [1.82, 2.24) is 25.4 Å². The number of aromatic amines is 1. The number of hydrazine groups is 2. The van der Waals surface area contributed by atoms with E-state index >= 15 is 0 Å². The van der Waals surface area contributed by atoms with Crippen LogP contribution in [0.2, 0.25) is 0 Å². The van der Waals surface area contributed by atoms with Gasteiger partial charge in [-0.2, -0.15) is 13.2 Å². The zero-order chi connectivity index (χ0) is 20.9. The molecule has 0 radical (unpaired) electrons. The summed E-state index contributed by atoms with van der Waals surface area (Å²) in [4.78, 5) is 9.94. The summed E-state index contributed by atoms with van der Waals surface area (Å²) in [6.45, 7) is 2.45. The quantitative estimate of drug-likeness (QED) is 0.796. The summed E-state index contributed by atoms with van der Waals surface area (Å²) < 4.78 is 38.4. The van der Waals surface area contributed by atoms with Gasteiger partial charge in [0.15, 0.2) is 0 Å². The minimum atomic E-state index is -4.30. The summed E-state index contributed by atoms with van der Waals surface area (Å²) in [6.07, 6.45) is 1.49. The standard InChI is InChI=1S/C21H23F3N6/c1-28-18(19-17-8-9-25-20(17)26-13-30(19)27-28)15-3-2-10-29(12-15)11-14-4-6-16(7-5-14)21(22,23)24/h4-9,13,15,25,27H,2-3,10-12H2,1H3. The number of alkyl halides is 3. The maximum absolute atomic E-state index is 12.8. The number of halogens is 3. The van der Waals surface area contributed by atoms with E-state index in [0.29, 0.717) is 12.5 Å². The molecule has 0 saturated carbocycles. The molecule has 0 bridgehead atoms. The van der Waals surface area contributed by atoms with Gasteiger partial charge >= 0.3 is 6.18 Å². The molecule has 0 amide bonds. The lowest BCUT2D eigenvalue weighted by atomic mass is 9.91. The average Bonchev–Trinajstić information content (AvgIpc) is 3.31. The smallest absolute Gasteiger partial charge is 0.346 e. The van der Waals surface area contributed by atoms with Gasteiger partial charge < -0.3 is 4.98 Å². The summed E-state index contributed by atoms with van der Waals surface area (Å²) in [5.74, 6) is 1.17. The van der Waals surface area contributed by atoms with Crippen molar-refractivity contribution in [3.05, 3.63) is 58.9 Å². The van der Waals surface area contributed by atoms with E-state index < -0.39 is 11.7 Å². The number of benzene rings is 1. The molecule has 2 N–H and O–H groups in total. The van der Waals surface area contributed by atoms with Crippen molar-refractivity contribution in [2.24, 2.45) is 10.9 Å². The zero-order valence-electron chi connectivity index (χ0n) is 16.6. The van der Waals surface area contributed by atoms with Crippen LogP contribution in [0.4, 0.5) is 19.0 Å². The molecule has 5 rings (SSSR count). The Kier molecular flexibility index (Phi) is 4.59. The predicted octanol–water partition coefficient (Wildman–Crippen LogP) is 3.95. The van der Waals surface area contributed by atoms with Crippen molar-refractivity contribution in [3.63, 3.8) is 0 Å². The molecule has 0 spiro atoms. The second kappa shape index (κ2) is 7.17. The normalized spacial score (nSPS) is 21.9. The van der Waals surface area contributed by atoms with E-state index in [9.17, 15) is 13.2 Å². The van der Waals surface area contributed by atoms with Gasteiger partial charge in [0.2, 0.25) is 0 Å². The van der Waals surface area contributed by atoms with Crippen molar-refractivity contribution >= 4 is 17.9 Å². The van der Waals surface area contributed by atoms with Gasteiger partial charge in [-0.05, 0) is 43.1 Å². The molecule has 30 heavy (non-hydrogen) atoms. The maximum Gasteiger partial charge on any atom is 0.416 e. The van der Waals surface area contributed by atoms with E-state index in [0.717, 1.165) is 48.6 Å². The molecule has 1 unspecified atom stereocenters. The molecule has 0 aliphatic carbocycles. The molecule has 1 atom stereocenters. The number of aromatic nitrogens is 1. The summed E-state index contributed by atoms with van der Waals surface area (Å²) >= 11 is 0. The number of rotatable bonds is 3. The topological polar surface area (TPSA) is 49.9 Å². The van der Waals surface area contributed by atoms with Gasteiger partial charge in [-0.1, -0.05) is 12.1 Å². The van der Waals surface area contributed by atoms with Crippen LogP contribution in [0.15, 0.2) is 47.2 Å². The molecule has 1 fully saturated rings. The van der Waals surface area contributed by atoms with Crippen LogP contribution >= 0.6 is 0 Å². The molecule has 6 nitrogen and oxygen atoms in total. The lowest BCUT2D eigenvalue weighted by molar-refractivity contribution is -0.137. The van der Waals surface area contributed by atoms with Crippen LogP contribution in [-0.2, 0) is 12.7 Å². The van der Waals surface area contributed by atoms with E-state index in [2.05, 4.69) is 25.4 Å². The van der Waals surface area contributed by atoms with E-state index in [-0.39, 0.29) is 0 Å². The number of likely N-dealkylation sites (tertiary alicyclic amines) is 1. The number of hydrogen-bond donors (Lipinski definition) is 2. The summed E-state index contributed by atoms with van der Waals surface area (Å²) in [5, 5.41) is 4.00.